The van der Waals surface area contributed by atoms with Gasteiger partial charge in [-0.15, -0.1) is 0 Å². The minimum absolute atomic E-state index is 0.0486. The van der Waals surface area contributed by atoms with Gasteiger partial charge in [0.1, 0.15) is 6.10 Å². The number of ether oxygens (including phenoxy) is 1. The van der Waals surface area contributed by atoms with Gasteiger partial charge in [-0.2, -0.15) is 0 Å². The van der Waals surface area contributed by atoms with Crippen molar-refractivity contribution < 1.29 is 14.3 Å². The molecule has 1 fully saturated rings. The Labute approximate surface area is 152 Å². The van der Waals surface area contributed by atoms with E-state index in [-0.39, 0.29) is 18.1 Å². The maximum absolute atomic E-state index is 12.8. The molecule has 134 valence electrons. The molecule has 2 N–H and O–H groups in total. The van der Waals surface area contributed by atoms with Gasteiger partial charge < -0.3 is 15.4 Å². The van der Waals surface area contributed by atoms with Crippen LogP contribution in [-0.4, -0.2) is 18.1 Å². The van der Waals surface area contributed by atoms with Crippen LogP contribution in [0.3, 0.4) is 0 Å². The lowest BCUT2D eigenvalue weighted by Crippen LogP contribution is -2.45. The molecule has 0 radical (unpaired) electrons. The molecule has 0 bridgehead atoms. The van der Waals surface area contributed by atoms with Gasteiger partial charge in [0.2, 0.25) is 0 Å². The van der Waals surface area contributed by atoms with Gasteiger partial charge in [-0.1, -0.05) is 30.7 Å². The summed E-state index contributed by atoms with van der Waals surface area (Å²) in [6.45, 7) is 3.95. The second-order valence-electron chi connectivity index (χ2n) is 6.91. The highest BCUT2D eigenvalue weighted by atomic mass is 35.5. The molecule has 25 heavy (non-hydrogen) atoms. The summed E-state index contributed by atoms with van der Waals surface area (Å²) in [6.07, 6.45) is 3.89. The molecule has 1 aliphatic carbocycles. The summed E-state index contributed by atoms with van der Waals surface area (Å²) in [5, 5.41) is 6.08. The molecular formula is C19H23ClN2O3. The SMILES string of the molecule is CC1=C(C(=O)OC2CCC(C)CC2)C(c2ccc(Cl)cc2)NC(=O)N1. The first-order valence-corrected chi connectivity index (χ1v) is 9.06. The van der Waals surface area contributed by atoms with Crippen molar-refractivity contribution in [2.45, 2.75) is 51.7 Å². The number of halogens is 1. The minimum Gasteiger partial charge on any atom is -0.459 e. The predicted molar refractivity (Wildman–Crippen MR) is 96.1 cm³/mol. The van der Waals surface area contributed by atoms with E-state index in [4.69, 9.17) is 16.3 Å². The van der Waals surface area contributed by atoms with Crippen LogP contribution in [0.5, 0.6) is 0 Å². The lowest BCUT2D eigenvalue weighted by atomic mass is 9.89. The van der Waals surface area contributed by atoms with Crippen molar-refractivity contribution >= 4 is 23.6 Å². The summed E-state index contributed by atoms with van der Waals surface area (Å²) in [4.78, 5) is 24.7. The Kier molecular flexibility index (Phi) is 5.33. The molecule has 1 heterocycles. The maximum Gasteiger partial charge on any atom is 0.338 e. The van der Waals surface area contributed by atoms with Gasteiger partial charge in [-0.3, -0.25) is 0 Å². The summed E-state index contributed by atoms with van der Waals surface area (Å²) in [5.41, 5.74) is 1.77. The van der Waals surface area contributed by atoms with Crippen molar-refractivity contribution in [3.8, 4) is 0 Å². The molecule has 1 aromatic rings. The van der Waals surface area contributed by atoms with Crippen LogP contribution < -0.4 is 10.6 Å². The minimum atomic E-state index is -0.541. The number of amides is 2. The standard InChI is InChI=1S/C19H23ClN2O3/c1-11-3-9-15(10-4-11)25-18(23)16-12(2)21-19(24)22-17(16)13-5-7-14(20)8-6-13/h5-8,11,15,17H,3-4,9-10H2,1-2H3,(H2,21,22,24). The summed E-state index contributed by atoms with van der Waals surface area (Å²) in [6, 6.07) is 6.22. The first kappa shape index (κ1) is 17.8. The number of carbonyl (C=O) groups is 2. The number of urea groups is 1. The number of nitrogens with one attached hydrogen (secondary N) is 2. The van der Waals surface area contributed by atoms with Crippen molar-refractivity contribution in [1.82, 2.24) is 10.6 Å². The average molecular weight is 363 g/mol. The molecule has 0 aromatic heterocycles. The van der Waals surface area contributed by atoms with E-state index >= 15 is 0 Å². The summed E-state index contributed by atoms with van der Waals surface area (Å²) in [7, 11) is 0. The molecule has 1 aliphatic heterocycles. The van der Waals surface area contributed by atoms with Gasteiger partial charge in [-0.25, -0.2) is 9.59 Å². The zero-order valence-electron chi connectivity index (χ0n) is 14.5. The molecule has 5 nitrogen and oxygen atoms in total. The van der Waals surface area contributed by atoms with Crippen molar-refractivity contribution in [3.05, 3.63) is 46.1 Å². The fourth-order valence-corrected chi connectivity index (χ4v) is 3.56. The van der Waals surface area contributed by atoms with E-state index in [2.05, 4.69) is 17.6 Å². The number of carbonyl (C=O) groups excluding carboxylic acids is 2. The van der Waals surface area contributed by atoms with Gasteiger partial charge in [-0.05, 0) is 56.2 Å². The second kappa shape index (κ2) is 7.48. The van der Waals surface area contributed by atoms with E-state index < -0.39 is 6.04 Å². The third kappa shape index (κ3) is 4.15. The van der Waals surface area contributed by atoms with E-state index in [9.17, 15) is 9.59 Å². The van der Waals surface area contributed by atoms with Gasteiger partial charge >= 0.3 is 12.0 Å². The Morgan fingerprint density at radius 3 is 2.44 bits per heavy atom. The highest BCUT2D eigenvalue weighted by Crippen LogP contribution is 2.31. The fourth-order valence-electron chi connectivity index (χ4n) is 3.43. The van der Waals surface area contributed by atoms with E-state index in [0.29, 0.717) is 22.2 Å². The highest BCUT2D eigenvalue weighted by molar-refractivity contribution is 6.30. The monoisotopic (exact) mass is 362 g/mol. The lowest BCUT2D eigenvalue weighted by molar-refractivity contribution is -0.146. The molecule has 2 aliphatic rings. The highest BCUT2D eigenvalue weighted by Gasteiger charge is 2.33. The van der Waals surface area contributed by atoms with Gasteiger partial charge in [0.05, 0.1) is 11.6 Å². The van der Waals surface area contributed by atoms with Crippen LogP contribution >= 0.6 is 11.6 Å². The summed E-state index contributed by atoms with van der Waals surface area (Å²) in [5.74, 6) is 0.317. The topological polar surface area (TPSA) is 67.4 Å². The van der Waals surface area contributed by atoms with Crippen molar-refractivity contribution in [1.29, 1.82) is 0 Å². The quantitative estimate of drug-likeness (QED) is 0.796. The molecule has 0 spiro atoms. The Hall–Kier alpha value is -2.01. The van der Waals surface area contributed by atoms with E-state index in [1.165, 1.54) is 0 Å². The molecule has 1 saturated carbocycles. The zero-order valence-corrected chi connectivity index (χ0v) is 15.2. The number of allylic oxidation sites excluding steroid dienone is 1. The Balaban J connectivity index is 1.82. The van der Waals surface area contributed by atoms with Crippen molar-refractivity contribution in [2.75, 3.05) is 0 Å². The van der Waals surface area contributed by atoms with Crippen LogP contribution in [-0.2, 0) is 9.53 Å². The van der Waals surface area contributed by atoms with E-state index in [1.54, 1.807) is 31.2 Å². The Bertz CT molecular complexity index is 691. The molecule has 2 amide bonds. The molecule has 6 heteroatoms. The predicted octanol–water partition coefficient (Wildman–Crippen LogP) is 4.09. The number of hydrogen-bond donors (Lipinski definition) is 2. The van der Waals surface area contributed by atoms with Crippen LogP contribution in [0.25, 0.3) is 0 Å². The smallest absolute Gasteiger partial charge is 0.338 e. The lowest BCUT2D eigenvalue weighted by Gasteiger charge is -2.31. The van der Waals surface area contributed by atoms with Crippen molar-refractivity contribution in [2.24, 2.45) is 5.92 Å². The normalized spacial score (nSPS) is 26.7. The molecule has 3 rings (SSSR count). The van der Waals surface area contributed by atoms with E-state index in [0.717, 1.165) is 31.2 Å². The molecule has 0 saturated heterocycles. The summed E-state index contributed by atoms with van der Waals surface area (Å²) >= 11 is 5.94. The fraction of sp³-hybridized carbons (Fsp3) is 0.474. The first-order valence-electron chi connectivity index (χ1n) is 8.68. The molecule has 1 unspecified atom stereocenters. The van der Waals surface area contributed by atoms with Gasteiger partial charge in [0, 0.05) is 10.7 Å². The summed E-state index contributed by atoms with van der Waals surface area (Å²) < 4.78 is 5.75. The number of hydrogen-bond acceptors (Lipinski definition) is 3. The maximum atomic E-state index is 12.8. The molecule has 1 aromatic carbocycles. The second-order valence-corrected chi connectivity index (χ2v) is 7.35. The zero-order chi connectivity index (χ0) is 18.0. The third-order valence-electron chi connectivity index (χ3n) is 4.93. The van der Waals surface area contributed by atoms with Crippen LogP contribution in [0.15, 0.2) is 35.5 Å². The number of esters is 1. The first-order chi connectivity index (χ1) is 11.9. The van der Waals surface area contributed by atoms with E-state index in [1.807, 2.05) is 0 Å². The van der Waals surface area contributed by atoms with Crippen LogP contribution in [0, 0.1) is 5.92 Å². The van der Waals surface area contributed by atoms with Crippen LogP contribution in [0.1, 0.15) is 51.1 Å². The molecule has 1 atom stereocenters. The van der Waals surface area contributed by atoms with Crippen molar-refractivity contribution in [3.63, 3.8) is 0 Å². The Morgan fingerprint density at radius 2 is 1.80 bits per heavy atom. The third-order valence-corrected chi connectivity index (χ3v) is 5.18. The Morgan fingerprint density at radius 1 is 1.16 bits per heavy atom. The average Bonchev–Trinajstić information content (AvgIpc) is 2.57. The number of benzene rings is 1. The van der Waals surface area contributed by atoms with Gasteiger partial charge in [0.15, 0.2) is 0 Å². The largest absolute Gasteiger partial charge is 0.459 e. The number of rotatable bonds is 3. The van der Waals surface area contributed by atoms with Crippen LogP contribution in [0.2, 0.25) is 5.02 Å². The molecular weight excluding hydrogens is 340 g/mol. The van der Waals surface area contributed by atoms with Crippen LogP contribution in [0.4, 0.5) is 4.79 Å². The van der Waals surface area contributed by atoms with Gasteiger partial charge in [0.25, 0.3) is 0 Å².